The minimum Gasteiger partial charge on any atom is -0.381 e. The van der Waals surface area contributed by atoms with Gasteiger partial charge in [-0.2, -0.15) is 17.5 Å². The van der Waals surface area contributed by atoms with Gasteiger partial charge in [-0.15, -0.1) is 0 Å². The minimum atomic E-state index is -4.51. The monoisotopic (exact) mass is 427 g/mol. The molecule has 10 heteroatoms. The number of para-hydroxylation sites is 1. The van der Waals surface area contributed by atoms with Crippen LogP contribution in [0.5, 0.6) is 0 Å². The molecule has 1 fully saturated rings. The number of nitrogens with one attached hydrogen (secondary N) is 2. The van der Waals surface area contributed by atoms with Gasteiger partial charge in [-0.1, -0.05) is 18.2 Å². The van der Waals surface area contributed by atoms with Gasteiger partial charge in [0.05, 0.1) is 4.90 Å². The molecule has 0 bridgehead atoms. The highest BCUT2D eigenvalue weighted by Crippen LogP contribution is 2.23. The summed E-state index contributed by atoms with van der Waals surface area (Å²) >= 11 is 0. The first-order valence-electron chi connectivity index (χ1n) is 8.92. The summed E-state index contributed by atoms with van der Waals surface area (Å²) in [7, 11) is -3.76. The predicted octanol–water partition coefficient (Wildman–Crippen LogP) is 2.85. The van der Waals surface area contributed by atoms with Crippen molar-refractivity contribution in [3.05, 3.63) is 60.2 Å². The molecule has 1 aliphatic heterocycles. The summed E-state index contributed by atoms with van der Waals surface area (Å²) in [5.41, 5.74) is 0.865. The van der Waals surface area contributed by atoms with Crippen LogP contribution in [0.2, 0.25) is 0 Å². The first-order chi connectivity index (χ1) is 13.6. The van der Waals surface area contributed by atoms with E-state index in [-0.39, 0.29) is 16.5 Å². The Morgan fingerprint density at radius 2 is 1.72 bits per heavy atom. The maximum atomic E-state index is 12.8. The molecular formula is C19H20F3N3O3S. The van der Waals surface area contributed by atoms with E-state index in [1.807, 2.05) is 30.3 Å². The number of anilines is 1. The van der Waals surface area contributed by atoms with Gasteiger partial charge in [-0.05, 0) is 42.8 Å². The Morgan fingerprint density at radius 1 is 1.07 bits per heavy atom. The Balaban J connectivity index is 1.63. The van der Waals surface area contributed by atoms with E-state index in [1.54, 1.807) is 5.32 Å². The van der Waals surface area contributed by atoms with E-state index in [0.717, 1.165) is 5.69 Å². The van der Waals surface area contributed by atoms with Gasteiger partial charge in [0.2, 0.25) is 10.0 Å². The zero-order valence-electron chi connectivity index (χ0n) is 15.3. The lowest BCUT2D eigenvalue weighted by Crippen LogP contribution is -2.34. The third-order valence-electron chi connectivity index (χ3n) is 4.50. The van der Waals surface area contributed by atoms with Crippen molar-refractivity contribution in [1.29, 1.82) is 0 Å². The van der Waals surface area contributed by atoms with Crippen LogP contribution < -0.4 is 10.6 Å². The first kappa shape index (κ1) is 21.1. The number of amides is 1. The van der Waals surface area contributed by atoms with Crippen molar-refractivity contribution >= 4 is 21.6 Å². The van der Waals surface area contributed by atoms with Crippen LogP contribution in [0, 0.1) is 0 Å². The Kier molecular flexibility index (Phi) is 6.13. The molecule has 0 spiro atoms. The summed E-state index contributed by atoms with van der Waals surface area (Å²) in [5, 5.41) is 5.04. The molecule has 0 aromatic heterocycles. The lowest BCUT2D eigenvalue weighted by Gasteiger charge is -2.18. The van der Waals surface area contributed by atoms with Crippen molar-refractivity contribution < 1.29 is 26.4 Å². The molecule has 6 nitrogen and oxygen atoms in total. The number of nitrogens with zero attached hydrogens (tertiary/aromatic N) is 1. The average Bonchev–Trinajstić information content (AvgIpc) is 3.16. The molecule has 0 unspecified atom stereocenters. The second-order valence-electron chi connectivity index (χ2n) is 6.68. The SMILES string of the molecule is O=C(NCC(F)(F)F)c1ccc(S(=O)(=O)N2CC[C@H](Nc3ccccc3)C2)cc1. The van der Waals surface area contributed by atoms with Gasteiger partial charge in [0.25, 0.3) is 5.91 Å². The maximum Gasteiger partial charge on any atom is 0.405 e. The Hall–Kier alpha value is -2.59. The largest absolute Gasteiger partial charge is 0.405 e. The van der Waals surface area contributed by atoms with E-state index in [9.17, 15) is 26.4 Å². The summed E-state index contributed by atoms with van der Waals surface area (Å²) in [4.78, 5) is 11.7. The highest BCUT2D eigenvalue weighted by Gasteiger charge is 2.33. The van der Waals surface area contributed by atoms with E-state index in [4.69, 9.17) is 0 Å². The maximum absolute atomic E-state index is 12.8. The molecule has 1 amide bonds. The van der Waals surface area contributed by atoms with Crippen LogP contribution >= 0.6 is 0 Å². The topological polar surface area (TPSA) is 78.5 Å². The van der Waals surface area contributed by atoms with E-state index < -0.39 is 28.7 Å². The second kappa shape index (κ2) is 8.42. The van der Waals surface area contributed by atoms with Crippen LogP contribution in [0.4, 0.5) is 18.9 Å². The second-order valence-corrected chi connectivity index (χ2v) is 8.62. The molecule has 1 atom stereocenters. The molecular weight excluding hydrogens is 407 g/mol. The molecule has 1 heterocycles. The fraction of sp³-hybridized carbons (Fsp3) is 0.316. The van der Waals surface area contributed by atoms with Crippen LogP contribution in [0.3, 0.4) is 0 Å². The van der Waals surface area contributed by atoms with Crippen molar-refractivity contribution in [3.8, 4) is 0 Å². The standard InChI is InChI=1S/C19H20F3N3O3S/c20-19(21,22)13-23-18(26)14-6-8-17(9-7-14)29(27,28)25-11-10-16(12-25)24-15-4-2-1-3-5-15/h1-9,16,24H,10-13H2,(H,23,26)/t16-/m0/s1. The van der Waals surface area contributed by atoms with Gasteiger partial charge in [0, 0.05) is 30.4 Å². The van der Waals surface area contributed by atoms with Gasteiger partial charge >= 0.3 is 6.18 Å². The van der Waals surface area contributed by atoms with Crippen molar-refractivity contribution in [3.63, 3.8) is 0 Å². The first-order valence-corrected chi connectivity index (χ1v) is 10.4. The van der Waals surface area contributed by atoms with Crippen LogP contribution in [0.15, 0.2) is 59.5 Å². The zero-order chi connectivity index (χ0) is 21.1. The fourth-order valence-corrected chi connectivity index (χ4v) is 4.54. The molecule has 3 rings (SSSR count). The molecule has 2 N–H and O–H groups in total. The Labute approximate surface area is 166 Å². The number of rotatable bonds is 6. The van der Waals surface area contributed by atoms with Crippen molar-refractivity contribution in [2.45, 2.75) is 23.5 Å². The molecule has 2 aromatic rings. The Morgan fingerprint density at radius 3 is 2.34 bits per heavy atom. The van der Waals surface area contributed by atoms with E-state index in [0.29, 0.717) is 19.5 Å². The Bertz CT molecular complexity index is 948. The summed E-state index contributed by atoms with van der Waals surface area (Å²) in [5.74, 6) is -0.917. The van der Waals surface area contributed by atoms with Gasteiger partial charge in [0.1, 0.15) is 6.54 Å². The highest BCUT2D eigenvalue weighted by atomic mass is 32.2. The van der Waals surface area contributed by atoms with Gasteiger partial charge in [-0.3, -0.25) is 4.79 Å². The molecule has 2 aromatic carbocycles. The van der Waals surface area contributed by atoms with Gasteiger partial charge in [0.15, 0.2) is 0 Å². The number of alkyl halides is 3. The molecule has 0 radical (unpaired) electrons. The average molecular weight is 427 g/mol. The number of benzene rings is 2. The van der Waals surface area contributed by atoms with E-state index in [2.05, 4.69) is 5.32 Å². The highest BCUT2D eigenvalue weighted by molar-refractivity contribution is 7.89. The van der Waals surface area contributed by atoms with Crippen LogP contribution in [-0.4, -0.2) is 50.5 Å². The number of halogens is 3. The smallest absolute Gasteiger partial charge is 0.381 e. The fourth-order valence-electron chi connectivity index (χ4n) is 3.04. The molecule has 0 saturated carbocycles. The van der Waals surface area contributed by atoms with Crippen LogP contribution in [0.1, 0.15) is 16.8 Å². The lowest BCUT2D eigenvalue weighted by molar-refractivity contribution is -0.123. The van der Waals surface area contributed by atoms with Gasteiger partial charge in [-0.25, -0.2) is 8.42 Å². The molecule has 0 aliphatic carbocycles. The quantitative estimate of drug-likeness (QED) is 0.743. The summed E-state index contributed by atoms with van der Waals surface area (Å²) in [6.07, 6.45) is -3.87. The summed E-state index contributed by atoms with van der Waals surface area (Å²) in [6, 6.07) is 14.3. The molecule has 1 aliphatic rings. The van der Waals surface area contributed by atoms with Gasteiger partial charge < -0.3 is 10.6 Å². The lowest BCUT2D eigenvalue weighted by atomic mass is 10.2. The molecule has 1 saturated heterocycles. The van der Waals surface area contributed by atoms with E-state index >= 15 is 0 Å². The summed E-state index contributed by atoms with van der Waals surface area (Å²) < 4.78 is 63.6. The van der Waals surface area contributed by atoms with Crippen molar-refractivity contribution in [2.24, 2.45) is 0 Å². The third-order valence-corrected chi connectivity index (χ3v) is 6.38. The minimum absolute atomic E-state index is 0.00904. The van der Waals surface area contributed by atoms with Crippen molar-refractivity contribution in [2.75, 3.05) is 25.0 Å². The predicted molar refractivity (Wildman–Crippen MR) is 102 cm³/mol. The van der Waals surface area contributed by atoms with E-state index in [1.165, 1.54) is 28.6 Å². The third kappa shape index (κ3) is 5.48. The number of sulfonamides is 1. The number of hydrogen-bond donors (Lipinski definition) is 2. The summed E-state index contributed by atoms with van der Waals surface area (Å²) in [6.45, 7) is -0.804. The number of carbonyl (C=O) groups is 1. The normalized spacial score (nSPS) is 17.8. The van der Waals surface area contributed by atoms with Crippen molar-refractivity contribution in [1.82, 2.24) is 9.62 Å². The number of carbonyl (C=O) groups excluding carboxylic acids is 1. The zero-order valence-corrected chi connectivity index (χ0v) is 16.1. The molecule has 29 heavy (non-hydrogen) atoms. The van der Waals surface area contributed by atoms with Crippen LogP contribution in [0.25, 0.3) is 0 Å². The van der Waals surface area contributed by atoms with Crippen LogP contribution in [-0.2, 0) is 10.0 Å². The molecule has 156 valence electrons. The number of hydrogen-bond acceptors (Lipinski definition) is 4.